The van der Waals surface area contributed by atoms with Crippen LogP contribution in [0.15, 0.2) is 72.9 Å². The van der Waals surface area contributed by atoms with Gasteiger partial charge in [0.2, 0.25) is 4.80 Å². The fourth-order valence-corrected chi connectivity index (χ4v) is 5.49. The Labute approximate surface area is 156 Å². The molecule has 3 aromatic rings. The molecule has 0 radical (unpaired) electrons. The number of hydrogen-bond acceptors (Lipinski definition) is 4. The summed E-state index contributed by atoms with van der Waals surface area (Å²) in [7, 11) is -3.70. The lowest BCUT2D eigenvalue weighted by Crippen LogP contribution is -2.17. The van der Waals surface area contributed by atoms with Gasteiger partial charge in [0.1, 0.15) is 4.21 Å². The molecular weight excluding hydrogens is 428 g/mol. The monoisotopic (exact) mass is 440 g/mol. The SMILES string of the molecule is C=CCn1c(-c2ccc(Br)cc2)csc1=NS(=O)(=O)c1cccs1. The van der Waals surface area contributed by atoms with Crippen LogP contribution in [0, 0.1) is 0 Å². The van der Waals surface area contributed by atoms with Gasteiger partial charge in [-0.1, -0.05) is 40.2 Å². The van der Waals surface area contributed by atoms with Gasteiger partial charge in [-0.05, 0) is 29.1 Å². The summed E-state index contributed by atoms with van der Waals surface area (Å²) in [6.07, 6.45) is 1.73. The predicted molar refractivity (Wildman–Crippen MR) is 103 cm³/mol. The largest absolute Gasteiger partial charge is 0.312 e. The first-order valence-corrected chi connectivity index (χ1v) is 10.9. The van der Waals surface area contributed by atoms with Crippen molar-refractivity contribution in [2.75, 3.05) is 0 Å². The van der Waals surface area contributed by atoms with Crippen LogP contribution in [0.1, 0.15) is 0 Å². The van der Waals surface area contributed by atoms with E-state index in [4.69, 9.17) is 0 Å². The second-order valence-electron chi connectivity index (χ2n) is 4.81. The third-order valence-corrected chi connectivity index (χ3v) is 7.34. The minimum Gasteiger partial charge on any atom is -0.312 e. The highest BCUT2D eigenvalue weighted by molar-refractivity contribution is 9.10. The molecule has 0 unspecified atom stereocenters. The third-order valence-electron chi connectivity index (χ3n) is 3.20. The molecule has 0 spiro atoms. The number of allylic oxidation sites excluding steroid dienone is 1. The highest BCUT2D eigenvalue weighted by Gasteiger charge is 2.15. The molecule has 1 aromatic carbocycles. The van der Waals surface area contributed by atoms with E-state index < -0.39 is 10.0 Å². The zero-order valence-electron chi connectivity index (χ0n) is 12.4. The van der Waals surface area contributed by atoms with Gasteiger partial charge in [-0.15, -0.1) is 33.7 Å². The van der Waals surface area contributed by atoms with Crippen LogP contribution in [0.5, 0.6) is 0 Å². The number of aromatic nitrogens is 1. The zero-order valence-corrected chi connectivity index (χ0v) is 16.5. The van der Waals surface area contributed by atoms with Gasteiger partial charge in [0.15, 0.2) is 0 Å². The smallest absolute Gasteiger partial charge is 0.294 e. The van der Waals surface area contributed by atoms with Crippen LogP contribution < -0.4 is 4.80 Å². The van der Waals surface area contributed by atoms with Crippen molar-refractivity contribution >= 4 is 48.6 Å². The molecule has 4 nitrogen and oxygen atoms in total. The minimum atomic E-state index is -3.70. The molecule has 2 heterocycles. The van der Waals surface area contributed by atoms with E-state index in [0.29, 0.717) is 11.3 Å². The maximum atomic E-state index is 12.4. The maximum absolute atomic E-state index is 12.4. The van der Waals surface area contributed by atoms with Gasteiger partial charge in [-0.2, -0.15) is 8.42 Å². The fraction of sp³-hybridized carbons (Fsp3) is 0.0625. The number of thiophene rings is 1. The molecule has 0 saturated heterocycles. The number of rotatable bonds is 5. The van der Waals surface area contributed by atoms with Gasteiger partial charge in [0, 0.05) is 16.4 Å². The predicted octanol–water partition coefficient (Wildman–Crippen LogP) is 4.52. The third kappa shape index (κ3) is 3.61. The number of halogens is 1. The molecule has 0 N–H and O–H groups in total. The summed E-state index contributed by atoms with van der Waals surface area (Å²) in [5.41, 5.74) is 1.90. The molecule has 0 aliphatic rings. The number of thiazole rings is 1. The molecule has 0 atom stereocenters. The standard InChI is InChI=1S/C16H13BrN2O2S3/c1-2-9-19-14(12-5-7-13(17)8-6-12)11-23-16(19)18-24(20,21)15-4-3-10-22-15/h2-8,10-11H,1,9H2. The highest BCUT2D eigenvalue weighted by Crippen LogP contribution is 2.23. The van der Waals surface area contributed by atoms with Crippen LogP contribution in [0.3, 0.4) is 0 Å². The summed E-state index contributed by atoms with van der Waals surface area (Å²) in [4.78, 5) is 0.432. The van der Waals surface area contributed by atoms with Crippen LogP contribution >= 0.6 is 38.6 Å². The molecule has 0 fully saturated rings. The van der Waals surface area contributed by atoms with Gasteiger partial charge in [0.05, 0.1) is 5.69 Å². The second kappa shape index (κ2) is 7.18. The lowest BCUT2D eigenvalue weighted by Gasteiger charge is -2.06. The summed E-state index contributed by atoms with van der Waals surface area (Å²) >= 11 is 5.88. The van der Waals surface area contributed by atoms with Crippen molar-refractivity contribution < 1.29 is 8.42 Å². The lowest BCUT2D eigenvalue weighted by atomic mass is 10.2. The van der Waals surface area contributed by atoms with Crippen molar-refractivity contribution in [2.24, 2.45) is 4.40 Å². The molecule has 0 saturated carbocycles. The normalized spacial score (nSPS) is 12.5. The minimum absolute atomic E-state index is 0.242. The molecule has 2 aromatic heterocycles. The Morgan fingerprint density at radius 1 is 1.21 bits per heavy atom. The first kappa shape index (κ1) is 17.3. The average molecular weight is 441 g/mol. The number of hydrogen-bond donors (Lipinski definition) is 0. The molecule has 0 bridgehead atoms. The van der Waals surface area contributed by atoms with Crippen LogP contribution in [0.2, 0.25) is 0 Å². The van der Waals surface area contributed by atoms with E-state index in [1.165, 1.54) is 11.3 Å². The average Bonchev–Trinajstić information content (AvgIpc) is 3.20. The molecular formula is C16H13BrN2O2S3. The Morgan fingerprint density at radius 3 is 2.58 bits per heavy atom. The van der Waals surface area contributed by atoms with E-state index in [1.54, 1.807) is 23.6 Å². The first-order chi connectivity index (χ1) is 11.5. The molecule has 0 aliphatic carbocycles. The fourth-order valence-electron chi connectivity index (χ4n) is 2.12. The maximum Gasteiger partial charge on any atom is 0.294 e. The van der Waals surface area contributed by atoms with E-state index in [-0.39, 0.29) is 4.21 Å². The number of benzene rings is 1. The van der Waals surface area contributed by atoms with Crippen LogP contribution in [-0.4, -0.2) is 13.0 Å². The van der Waals surface area contributed by atoms with Gasteiger partial charge in [-0.25, -0.2) is 0 Å². The van der Waals surface area contributed by atoms with E-state index in [0.717, 1.165) is 27.1 Å². The summed E-state index contributed by atoms with van der Waals surface area (Å²) in [5, 5.41) is 3.64. The summed E-state index contributed by atoms with van der Waals surface area (Å²) in [6.45, 7) is 4.24. The van der Waals surface area contributed by atoms with Crippen molar-refractivity contribution in [2.45, 2.75) is 10.8 Å². The van der Waals surface area contributed by atoms with E-state index in [1.807, 2.05) is 34.2 Å². The van der Waals surface area contributed by atoms with Crippen molar-refractivity contribution in [3.05, 3.63) is 69.1 Å². The van der Waals surface area contributed by atoms with E-state index in [2.05, 4.69) is 26.9 Å². The molecule has 124 valence electrons. The van der Waals surface area contributed by atoms with Gasteiger partial charge in [0.25, 0.3) is 10.0 Å². The topological polar surface area (TPSA) is 51.4 Å². The summed E-state index contributed by atoms with van der Waals surface area (Å²) in [6, 6.07) is 11.1. The Kier molecular flexibility index (Phi) is 5.19. The van der Waals surface area contributed by atoms with Gasteiger partial charge >= 0.3 is 0 Å². The zero-order chi connectivity index (χ0) is 17.2. The van der Waals surface area contributed by atoms with Crippen LogP contribution in [-0.2, 0) is 16.6 Å². The van der Waals surface area contributed by atoms with Gasteiger partial charge < -0.3 is 4.57 Å². The molecule has 8 heteroatoms. The van der Waals surface area contributed by atoms with Crippen molar-refractivity contribution in [1.82, 2.24) is 4.57 Å². The Morgan fingerprint density at radius 2 is 1.96 bits per heavy atom. The van der Waals surface area contributed by atoms with Gasteiger partial charge in [-0.3, -0.25) is 0 Å². The van der Waals surface area contributed by atoms with E-state index in [9.17, 15) is 8.42 Å². The Bertz CT molecular complexity index is 1010. The number of sulfonamides is 1. The summed E-state index contributed by atoms with van der Waals surface area (Å²) < 4.78 is 31.9. The highest BCUT2D eigenvalue weighted by atomic mass is 79.9. The molecule has 24 heavy (non-hydrogen) atoms. The van der Waals surface area contributed by atoms with Crippen molar-refractivity contribution in [3.8, 4) is 11.3 Å². The molecule has 0 amide bonds. The Balaban J connectivity index is 2.15. The van der Waals surface area contributed by atoms with Crippen LogP contribution in [0.25, 0.3) is 11.3 Å². The van der Waals surface area contributed by atoms with Crippen molar-refractivity contribution in [3.63, 3.8) is 0 Å². The van der Waals surface area contributed by atoms with Crippen molar-refractivity contribution in [1.29, 1.82) is 0 Å². The summed E-state index contributed by atoms with van der Waals surface area (Å²) in [5.74, 6) is 0. The van der Waals surface area contributed by atoms with Crippen LogP contribution in [0.4, 0.5) is 0 Å². The first-order valence-electron chi connectivity index (χ1n) is 6.91. The number of nitrogens with zero attached hydrogens (tertiary/aromatic N) is 2. The van der Waals surface area contributed by atoms with E-state index >= 15 is 0 Å². The lowest BCUT2D eigenvalue weighted by molar-refractivity contribution is 0.597. The quantitative estimate of drug-likeness (QED) is 0.547. The molecule has 0 aliphatic heterocycles. The Hall–Kier alpha value is -1.48. The molecule has 3 rings (SSSR count). The second-order valence-corrected chi connectivity index (χ2v) is 9.34.